The Morgan fingerprint density at radius 3 is 3.33 bits per heavy atom. The second kappa shape index (κ2) is 5.77. The molecule has 1 saturated heterocycles. The summed E-state index contributed by atoms with van der Waals surface area (Å²) in [4.78, 5) is 11.4. The van der Waals surface area contributed by atoms with Crippen molar-refractivity contribution >= 4 is 17.0 Å². The molecule has 1 fully saturated rings. The lowest BCUT2D eigenvalue weighted by molar-refractivity contribution is 0.177. The first-order valence-corrected chi connectivity index (χ1v) is 5.90. The van der Waals surface area contributed by atoms with E-state index in [1.807, 2.05) is 0 Å². The largest absolute Gasteiger partial charge is 0.447 e. The number of ether oxygens (including phenoxy) is 1. The summed E-state index contributed by atoms with van der Waals surface area (Å²) in [5, 5.41) is -0.431. The van der Waals surface area contributed by atoms with Crippen molar-refractivity contribution in [3.63, 3.8) is 0 Å². The van der Waals surface area contributed by atoms with E-state index in [1.165, 1.54) is 0 Å². The third-order valence-electron chi connectivity index (χ3n) is 2.73. The van der Waals surface area contributed by atoms with Crippen LogP contribution in [0.1, 0.15) is 30.3 Å². The molecule has 0 aliphatic carbocycles. The summed E-state index contributed by atoms with van der Waals surface area (Å²) in [6.45, 7) is -11.7. The van der Waals surface area contributed by atoms with Gasteiger partial charge in [-0.3, -0.25) is 0 Å². The lowest BCUT2D eigenvalue weighted by Gasteiger charge is -2.09. The van der Waals surface area contributed by atoms with Crippen molar-refractivity contribution in [1.29, 1.82) is 0 Å². The zero-order valence-electron chi connectivity index (χ0n) is 26.6. The van der Waals surface area contributed by atoms with Gasteiger partial charge in [0.1, 0.15) is 6.61 Å². The fourth-order valence-corrected chi connectivity index (χ4v) is 1.86. The van der Waals surface area contributed by atoms with Gasteiger partial charge in [0, 0.05) is 37.3 Å². The van der Waals surface area contributed by atoms with Gasteiger partial charge in [-0.25, -0.2) is 4.79 Å². The van der Waals surface area contributed by atoms with Gasteiger partial charge in [-0.05, 0) is 50.0 Å². The third-order valence-corrected chi connectivity index (χ3v) is 2.73. The van der Waals surface area contributed by atoms with E-state index in [1.54, 1.807) is 0 Å². The van der Waals surface area contributed by atoms with E-state index < -0.39 is 97.0 Å². The lowest BCUT2D eigenvalue weighted by atomic mass is 10.0. The van der Waals surface area contributed by atoms with Crippen LogP contribution in [0.25, 0.3) is 10.9 Å². The predicted molar refractivity (Wildman–Crippen MR) is 82.5 cm³/mol. The Morgan fingerprint density at radius 2 is 2.57 bits per heavy atom. The second-order valence-corrected chi connectivity index (χ2v) is 4.23. The average Bonchev–Trinajstić information content (AvgIpc) is 3.19. The molecule has 2 N–H and O–H groups in total. The van der Waals surface area contributed by atoms with Gasteiger partial charge < -0.3 is 19.9 Å². The van der Waals surface area contributed by atoms with E-state index in [4.69, 9.17) is 22.0 Å². The smallest absolute Gasteiger partial charge is 0.407 e. The molecule has 0 bridgehead atoms. The van der Waals surface area contributed by atoms with Crippen LogP contribution in [0.5, 0.6) is 0 Å². The summed E-state index contributed by atoms with van der Waals surface area (Å²) in [6.07, 6.45) is -4.74. The van der Waals surface area contributed by atoms with E-state index in [9.17, 15) is 4.79 Å². The first-order valence-electron chi connectivity index (χ1n) is 13.8. The van der Waals surface area contributed by atoms with Gasteiger partial charge in [0.05, 0.1) is 11.5 Å². The van der Waals surface area contributed by atoms with Crippen LogP contribution in [0.4, 0.5) is 4.79 Å². The van der Waals surface area contributed by atoms with Crippen LogP contribution in [-0.4, -0.2) is 49.0 Å². The van der Waals surface area contributed by atoms with Crippen molar-refractivity contribution in [3.8, 4) is 0 Å². The first kappa shape index (κ1) is 4.49. The van der Waals surface area contributed by atoms with E-state index in [0.717, 1.165) is 0 Å². The molecule has 1 aromatic carbocycles. The molecule has 21 heavy (non-hydrogen) atoms. The number of H-pyrrole nitrogens is 1. The number of aromatic amines is 1. The Bertz CT molecular complexity index is 1240. The molecular formula is C16H21N3O2. The summed E-state index contributed by atoms with van der Waals surface area (Å²) < 4.78 is 133. The van der Waals surface area contributed by atoms with Crippen molar-refractivity contribution in [3.05, 3.63) is 35.5 Å². The summed E-state index contributed by atoms with van der Waals surface area (Å²) >= 11 is 0. The number of carbonyl (C=O) groups excluding carboxylic acids is 1. The zero-order chi connectivity index (χ0) is 28.7. The number of nitrogens with one attached hydrogen (secondary N) is 2. The van der Waals surface area contributed by atoms with Crippen molar-refractivity contribution in [2.24, 2.45) is 0 Å². The third kappa shape index (κ3) is 3.19. The molecule has 5 heteroatoms. The first-order chi connectivity index (χ1) is 16.5. The monoisotopic (exact) mass is 303 g/mol. The molecule has 0 saturated carbocycles. The number of amides is 1. The van der Waals surface area contributed by atoms with E-state index in [2.05, 4.69) is 4.74 Å². The van der Waals surface area contributed by atoms with Crippen LogP contribution >= 0.6 is 0 Å². The quantitative estimate of drug-likeness (QED) is 0.887. The van der Waals surface area contributed by atoms with Gasteiger partial charge in [-0.1, -0.05) is 6.04 Å². The Kier molecular flexibility index (Phi) is 1.23. The number of rotatable bonds is 5. The van der Waals surface area contributed by atoms with Gasteiger partial charge in [-0.2, -0.15) is 0 Å². The average molecular weight is 303 g/mol. The molecule has 0 unspecified atom stereocenters. The Labute approximate surface area is 146 Å². The Morgan fingerprint density at radius 1 is 1.67 bits per heavy atom. The van der Waals surface area contributed by atoms with Crippen LogP contribution in [0.2, 0.25) is 2.82 Å². The van der Waals surface area contributed by atoms with Crippen molar-refractivity contribution in [2.45, 2.75) is 18.8 Å². The summed E-state index contributed by atoms with van der Waals surface area (Å²) in [5.74, 6) is 0. The van der Waals surface area contributed by atoms with Gasteiger partial charge >= 0.3 is 6.09 Å². The number of cyclic esters (lactones) is 1. The minimum Gasteiger partial charge on any atom is -0.447 e. The number of likely N-dealkylation sites (N-methyl/N-ethyl adjacent to an activating group) is 1. The van der Waals surface area contributed by atoms with Crippen molar-refractivity contribution in [1.82, 2.24) is 15.2 Å². The fraction of sp³-hybridized carbons (Fsp3) is 0.438. The predicted octanol–water partition coefficient (Wildman–Crippen LogP) is 1.92. The van der Waals surface area contributed by atoms with E-state index >= 15 is 0 Å². The van der Waals surface area contributed by atoms with Crippen molar-refractivity contribution in [2.75, 3.05) is 27.1 Å². The molecule has 3 rings (SSSR count). The highest BCUT2D eigenvalue weighted by atomic mass is 16.6. The normalized spacial score (nSPS) is 35.9. The lowest BCUT2D eigenvalue weighted by Crippen LogP contribution is -2.28. The second-order valence-electron chi connectivity index (χ2n) is 4.23. The molecule has 1 amide bonds. The minimum absolute atomic E-state index is 0.165. The van der Waals surface area contributed by atoms with Crippen LogP contribution in [0, 0.1) is 0 Å². The molecule has 1 aromatic heterocycles. The topological polar surface area (TPSA) is 57.4 Å². The highest BCUT2D eigenvalue weighted by molar-refractivity contribution is 5.84. The maximum atomic E-state index is 11.6. The van der Waals surface area contributed by atoms with Gasteiger partial charge in [-0.15, -0.1) is 0 Å². The number of nitrogens with zero attached hydrogens (tertiary/aromatic N) is 1. The van der Waals surface area contributed by atoms with Crippen molar-refractivity contribution < 1.29 is 31.5 Å². The molecule has 0 spiro atoms. The summed E-state index contributed by atoms with van der Waals surface area (Å²) in [5.41, 5.74) is -1.79. The maximum Gasteiger partial charge on any atom is 0.407 e. The SMILES string of the molecule is [2H]c1c(C[C@@]2([2H])COC(=O)N2[2H])c([2H])c2c(C([2H])([2H])C([2H])([2H])N(C([2H])([2H])[2H])C([2H])([2H])[2H])cn([2H])c2c1[2H]. The van der Waals surface area contributed by atoms with E-state index in [0.29, 0.717) is 11.2 Å². The molecule has 1 aliphatic rings. The maximum absolute atomic E-state index is 11.6. The Balaban J connectivity index is 2.32. The number of aryl methyl sites for hydroxylation is 1. The number of fused-ring (bicyclic) bond motifs is 1. The van der Waals surface area contributed by atoms with Crippen LogP contribution in [0.15, 0.2) is 24.3 Å². The van der Waals surface area contributed by atoms with Crippen LogP contribution in [0.3, 0.4) is 0 Å². The number of hydrogen-bond acceptors (Lipinski definition) is 3. The molecule has 0 radical (unpaired) electrons. The number of alkyl carbamates (subject to hydrolysis) is 1. The fourth-order valence-electron chi connectivity index (χ4n) is 1.86. The summed E-state index contributed by atoms with van der Waals surface area (Å²) in [6, 6.07) is -4.28. The summed E-state index contributed by atoms with van der Waals surface area (Å²) in [7, 11) is 0. The molecule has 1 atom stereocenters. The highest BCUT2D eigenvalue weighted by Gasteiger charge is 2.22. The highest BCUT2D eigenvalue weighted by Crippen LogP contribution is 2.21. The molecule has 1 aliphatic heterocycles. The Hall–Kier alpha value is -2.01. The number of hydrogen-bond donors (Lipinski definition) is 2. The van der Waals surface area contributed by atoms with Gasteiger partial charge in [0.25, 0.3) is 0 Å². The minimum atomic E-state index is -3.79. The molecular weight excluding hydrogens is 266 g/mol. The van der Waals surface area contributed by atoms with Gasteiger partial charge in [0.15, 0.2) is 2.82 Å². The number of carbonyl (C=O) groups is 1. The number of benzene rings is 1. The standard InChI is InChI=1S/C16H21N3O2/c1-19(2)6-5-12-9-17-15-4-3-11(8-14(12)15)7-13-10-21-16(20)18-13/h3-4,8-9,13,17H,5-7,10H2,1-2H3,(H,18,20)/t13-/m0/s1/i1D3,2D3,3D,4D,5D2,6D2,8D,13D/hD2. The molecule has 2 aromatic rings. The van der Waals surface area contributed by atoms with E-state index in [-0.39, 0.29) is 5.31 Å². The van der Waals surface area contributed by atoms with Gasteiger partial charge in [0.2, 0.25) is 0 Å². The molecule has 112 valence electrons. The molecule has 2 heterocycles. The van der Waals surface area contributed by atoms with Crippen LogP contribution in [-0.2, 0) is 17.5 Å². The molecule has 5 nitrogen and oxygen atoms in total. The van der Waals surface area contributed by atoms with Crippen LogP contribution < -0.4 is 5.31 Å². The number of aromatic nitrogens is 1. The zero-order valence-corrected chi connectivity index (χ0v) is 10.6.